The first-order valence-electron chi connectivity index (χ1n) is 15.6. The van der Waals surface area contributed by atoms with Crippen LogP contribution < -0.4 is 0 Å². The van der Waals surface area contributed by atoms with Crippen LogP contribution in [-0.2, 0) is 17.1 Å². The Morgan fingerprint density at radius 2 is 1.24 bits per heavy atom. The van der Waals surface area contributed by atoms with Gasteiger partial charge in [-0.3, -0.25) is 14.6 Å². The third kappa shape index (κ3) is 6.54. The zero-order valence-electron chi connectivity index (χ0n) is 28.2. The van der Waals surface area contributed by atoms with E-state index in [2.05, 4.69) is 4.90 Å². The largest absolute Gasteiger partial charge is 0.506 e. The quantitative estimate of drug-likeness (QED) is 0.202. The molecule has 2 aromatic rings. The van der Waals surface area contributed by atoms with Crippen LogP contribution in [0, 0.1) is 19.7 Å². The molecule has 3 atom stereocenters. The van der Waals surface area contributed by atoms with E-state index in [0.29, 0.717) is 32.6 Å². The number of carbonyl (C=O) groups excluding carboxylic acids is 2. The monoisotopic (exact) mass is 725 g/mol. The summed E-state index contributed by atoms with van der Waals surface area (Å²) in [5, 5.41) is 52.4. The summed E-state index contributed by atoms with van der Waals surface area (Å²) in [5.41, 5.74) is -6.03. The Morgan fingerprint density at radius 1 is 0.780 bits per heavy atom. The SMILES string of the molecule is CC(=O)N1CCN(C2CCN(C(=O)[N+](C)(C)C(C)c3c(O)c(C(F)(F)F)c(O)c(C(F)(F)F)c3O)C(c3c(C)c(O)c(F)c(O)c3C)C2)CC1. The highest BCUT2D eigenvalue weighted by molar-refractivity contribution is 5.73. The lowest BCUT2D eigenvalue weighted by Crippen LogP contribution is -2.59. The van der Waals surface area contributed by atoms with Crippen molar-refractivity contribution in [1.82, 2.24) is 14.7 Å². The van der Waals surface area contributed by atoms with Gasteiger partial charge in [0, 0.05) is 45.7 Å². The van der Waals surface area contributed by atoms with Crippen LogP contribution in [0.1, 0.15) is 72.2 Å². The van der Waals surface area contributed by atoms with E-state index in [1.165, 1.54) is 25.7 Å². The molecule has 278 valence electrons. The third-order valence-electron chi connectivity index (χ3n) is 10.3. The van der Waals surface area contributed by atoms with Crippen molar-refractivity contribution in [2.75, 3.05) is 46.8 Å². The molecule has 0 radical (unpaired) electrons. The molecule has 18 heteroatoms. The van der Waals surface area contributed by atoms with Crippen LogP contribution >= 0.6 is 0 Å². The number of benzene rings is 2. The molecule has 50 heavy (non-hydrogen) atoms. The average molecular weight is 726 g/mol. The zero-order chi connectivity index (χ0) is 38.0. The van der Waals surface area contributed by atoms with Crippen molar-refractivity contribution >= 4 is 11.9 Å². The van der Waals surface area contributed by atoms with Gasteiger partial charge in [0.15, 0.2) is 11.5 Å². The van der Waals surface area contributed by atoms with Crippen LogP contribution in [0.5, 0.6) is 28.7 Å². The molecule has 11 nitrogen and oxygen atoms in total. The van der Waals surface area contributed by atoms with E-state index < -0.39 is 86.2 Å². The molecule has 2 fully saturated rings. The van der Waals surface area contributed by atoms with Gasteiger partial charge < -0.3 is 30.4 Å². The predicted molar refractivity (Wildman–Crippen MR) is 163 cm³/mol. The van der Waals surface area contributed by atoms with Crippen LogP contribution in [0.4, 0.5) is 35.5 Å². The molecular formula is C32H40F7N4O7+. The van der Waals surface area contributed by atoms with Gasteiger partial charge in [-0.15, -0.1) is 0 Å². The number of alkyl halides is 6. The number of hydrogen-bond donors (Lipinski definition) is 5. The maximum atomic E-state index is 14.7. The second kappa shape index (κ2) is 13.2. The number of urea groups is 1. The normalized spacial score (nSPS) is 20.3. The molecule has 0 spiro atoms. The Hall–Kier alpha value is -4.19. The van der Waals surface area contributed by atoms with Crippen LogP contribution in [0.3, 0.4) is 0 Å². The molecule has 0 bridgehead atoms. The lowest BCUT2D eigenvalue weighted by Gasteiger charge is -2.48. The van der Waals surface area contributed by atoms with Crippen molar-refractivity contribution in [3.05, 3.63) is 39.2 Å². The Labute approximate surface area is 282 Å². The Bertz CT molecular complexity index is 1620. The lowest BCUT2D eigenvalue weighted by molar-refractivity contribution is -0.844. The van der Waals surface area contributed by atoms with Gasteiger partial charge in [0.05, 0.1) is 25.7 Å². The predicted octanol–water partition coefficient (Wildman–Crippen LogP) is 5.64. The second-order valence-corrected chi connectivity index (χ2v) is 13.3. The Morgan fingerprint density at radius 3 is 1.66 bits per heavy atom. The highest BCUT2D eigenvalue weighted by atomic mass is 19.4. The highest BCUT2D eigenvalue weighted by Crippen LogP contribution is 2.56. The van der Waals surface area contributed by atoms with Gasteiger partial charge >= 0.3 is 18.4 Å². The van der Waals surface area contributed by atoms with E-state index in [1.807, 2.05) is 0 Å². The van der Waals surface area contributed by atoms with Crippen LogP contribution in [0.2, 0.25) is 0 Å². The van der Waals surface area contributed by atoms with E-state index in [9.17, 15) is 65.9 Å². The second-order valence-electron chi connectivity index (χ2n) is 13.3. The number of halogens is 7. The van der Waals surface area contributed by atoms with E-state index in [1.54, 1.807) is 4.90 Å². The summed E-state index contributed by atoms with van der Waals surface area (Å²) in [5.74, 6) is -9.38. The number of piperazine rings is 1. The molecule has 2 saturated heterocycles. The summed E-state index contributed by atoms with van der Waals surface area (Å²) in [6, 6.07) is -3.97. The van der Waals surface area contributed by atoms with Gasteiger partial charge in [-0.05, 0) is 50.3 Å². The Kier molecular flexibility index (Phi) is 10.2. The van der Waals surface area contributed by atoms with E-state index in [-0.39, 0.29) is 41.6 Å². The van der Waals surface area contributed by atoms with Gasteiger partial charge in [0.25, 0.3) is 0 Å². The van der Waals surface area contributed by atoms with Gasteiger partial charge in [0.1, 0.15) is 34.4 Å². The highest BCUT2D eigenvalue weighted by Gasteiger charge is 2.52. The number of phenols is 5. The number of likely N-dealkylation sites (tertiary alicyclic amines) is 1. The number of rotatable bonds is 4. The summed E-state index contributed by atoms with van der Waals surface area (Å²) in [6.07, 6.45) is -11.0. The molecule has 0 saturated carbocycles. The first kappa shape index (κ1) is 38.6. The molecule has 5 N–H and O–H groups in total. The summed E-state index contributed by atoms with van der Waals surface area (Å²) < 4.78 is 97.1. The van der Waals surface area contributed by atoms with E-state index in [4.69, 9.17) is 0 Å². The van der Waals surface area contributed by atoms with E-state index >= 15 is 0 Å². The molecule has 2 aliphatic rings. The standard InChI is InChI=1S/C32H39F7N4O7/c1-14-20(15(2)26(46)24(33)25(14)45)19-13-18(41-11-9-40(10-12-41)17(4)44)7-8-42(19)30(50)43(5,6)16(3)21-27(47)22(31(34,35)36)29(49)23(28(21)48)32(37,38)39/h16,18-19H,7-13H2,1-6H3,(H4-,45,46,47,48,49)/p+1. The Balaban J connectivity index is 1.83. The van der Waals surface area contributed by atoms with Crippen molar-refractivity contribution in [3.63, 3.8) is 0 Å². The van der Waals surface area contributed by atoms with Crippen LogP contribution in [0.15, 0.2) is 0 Å². The topological polar surface area (TPSA) is 145 Å². The fourth-order valence-corrected chi connectivity index (χ4v) is 7.14. The van der Waals surface area contributed by atoms with Crippen molar-refractivity contribution in [3.8, 4) is 28.7 Å². The molecule has 3 amide bonds. The molecule has 2 aromatic carbocycles. The summed E-state index contributed by atoms with van der Waals surface area (Å²) in [7, 11) is 2.28. The van der Waals surface area contributed by atoms with Crippen LogP contribution in [0.25, 0.3) is 0 Å². The zero-order valence-corrected chi connectivity index (χ0v) is 28.2. The first-order valence-corrected chi connectivity index (χ1v) is 15.6. The number of amides is 3. The average Bonchev–Trinajstić information content (AvgIpc) is 3.01. The van der Waals surface area contributed by atoms with E-state index in [0.717, 1.165) is 21.0 Å². The fourth-order valence-electron chi connectivity index (χ4n) is 7.14. The maximum absolute atomic E-state index is 14.7. The maximum Gasteiger partial charge on any atom is 0.423 e. The number of piperidine rings is 1. The van der Waals surface area contributed by atoms with Crippen molar-refractivity contribution < 1.29 is 70.3 Å². The molecule has 3 unspecified atom stereocenters. The number of hydrogen-bond acceptors (Lipinski definition) is 8. The smallest absolute Gasteiger partial charge is 0.423 e. The molecular weight excluding hydrogens is 685 g/mol. The van der Waals surface area contributed by atoms with Crippen molar-refractivity contribution in [2.24, 2.45) is 0 Å². The molecule has 0 aliphatic carbocycles. The fraction of sp³-hybridized carbons (Fsp3) is 0.562. The number of phenolic OH excluding ortho intramolecular Hbond substituents is 5. The van der Waals surface area contributed by atoms with Gasteiger partial charge in [-0.1, -0.05) is 0 Å². The summed E-state index contributed by atoms with van der Waals surface area (Å²) in [6.45, 7) is 6.95. The minimum Gasteiger partial charge on any atom is -0.506 e. The molecule has 0 aromatic heterocycles. The molecule has 2 aliphatic heterocycles. The lowest BCUT2D eigenvalue weighted by atomic mass is 9.85. The number of nitrogens with zero attached hydrogens (tertiary/aromatic N) is 4. The summed E-state index contributed by atoms with van der Waals surface area (Å²) in [4.78, 5) is 31.4. The minimum absolute atomic E-state index is 0.0144. The summed E-state index contributed by atoms with van der Waals surface area (Å²) >= 11 is 0. The van der Waals surface area contributed by atoms with Gasteiger partial charge in [-0.2, -0.15) is 30.7 Å². The van der Waals surface area contributed by atoms with Crippen molar-refractivity contribution in [2.45, 2.75) is 71.0 Å². The molecule has 2 heterocycles. The first-order chi connectivity index (χ1) is 22.8. The number of quaternary nitrogens is 1. The number of carbonyl (C=O) groups is 2. The van der Waals surface area contributed by atoms with Gasteiger partial charge in [0.2, 0.25) is 11.7 Å². The van der Waals surface area contributed by atoms with Crippen molar-refractivity contribution in [1.29, 1.82) is 0 Å². The third-order valence-corrected chi connectivity index (χ3v) is 10.3. The molecule has 4 rings (SSSR count). The number of aromatic hydroxyl groups is 5. The minimum atomic E-state index is -5.71. The van der Waals surface area contributed by atoms with Crippen LogP contribution in [-0.4, -0.2) is 110 Å². The van der Waals surface area contributed by atoms with Gasteiger partial charge in [-0.25, -0.2) is 9.28 Å².